The van der Waals surface area contributed by atoms with E-state index in [9.17, 15) is 16.8 Å². The summed E-state index contributed by atoms with van der Waals surface area (Å²) in [6.45, 7) is 0.329. The first-order valence-electron chi connectivity index (χ1n) is 10.4. The molecule has 1 aliphatic rings. The maximum atomic E-state index is 13.2. The molecule has 6 nitrogen and oxygen atoms in total. The maximum absolute atomic E-state index is 13.2. The molecule has 1 fully saturated rings. The van der Waals surface area contributed by atoms with Crippen LogP contribution in [0.4, 0.5) is 0 Å². The van der Waals surface area contributed by atoms with Crippen molar-refractivity contribution < 1.29 is 21.6 Å². The van der Waals surface area contributed by atoms with Gasteiger partial charge in [-0.3, -0.25) is 0 Å². The number of sulfonamides is 1. The molecular formula is C24H25NO5S2. The topological polar surface area (TPSA) is 80.8 Å². The van der Waals surface area contributed by atoms with E-state index in [1.165, 1.54) is 23.5 Å². The molecule has 0 aromatic heterocycles. The summed E-state index contributed by atoms with van der Waals surface area (Å²) in [5.41, 5.74) is 1.76. The van der Waals surface area contributed by atoms with Crippen LogP contribution in [0.25, 0.3) is 11.1 Å². The van der Waals surface area contributed by atoms with E-state index in [1.807, 2.05) is 36.4 Å². The first kappa shape index (κ1) is 22.5. The summed E-state index contributed by atoms with van der Waals surface area (Å²) in [6.07, 6.45) is 0.512. The first-order valence-corrected chi connectivity index (χ1v) is 13.3. The predicted molar refractivity (Wildman–Crippen MR) is 124 cm³/mol. The van der Waals surface area contributed by atoms with Gasteiger partial charge in [-0.25, -0.2) is 16.8 Å². The van der Waals surface area contributed by atoms with E-state index in [-0.39, 0.29) is 35.7 Å². The summed E-state index contributed by atoms with van der Waals surface area (Å²) in [6, 6.07) is 22.8. The van der Waals surface area contributed by atoms with Crippen LogP contribution in [0.5, 0.6) is 5.75 Å². The number of piperidine rings is 1. The molecule has 32 heavy (non-hydrogen) atoms. The fourth-order valence-corrected chi connectivity index (χ4v) is 7.20. The standard InChI is InChI=1S/C24H25NO5S2/c1-30-21-10-12-22(13-11-21)31(26,27)23-14-16-25(17-15-23)32(28,29)24-9-5-8-20(18-24)19-6-3-2-4-7-19/h2-13,18,23H,14-17H2,1H3. The van der Waals surface area contributed by atoms with E-state index in [0.29, 0.717) is 5.75 Å². The Morgan fingerprint density at radius 1 is 0.750 bits per heavy atom. The molecule has 3 aromatic carbocycles. The highest BCUT2D eigenvalue weighted by molar-refractivity contribution is 7.92. The van der Waals surface area contributed by atoms with Crippen molar-refractivity contribution >= 4 is 19.9 Å². The van der Waals surface area contributed by atoms with Gasteiger partial charge in [-0.1, -0.05) is 42.5 Å². The van der Waals surface area contributed by atoms with Gasteiger partial charge < -0.3 is 4.74 Å². The van der Waals surface area contributed by atoms with Crippen LogP contribution in [0.1, 0.15) is 12.8 Å². The second-order valence-corrected chi connectivity index (χ2v) is 11.9. The molecule has 168 valence electrons. The Bertz CT molecular complexity index is 1280. The van der Waals surface area contributed by atoms with Crippen LogP contribution in [0.2, 0.25) is 0 Å². The highest BCUT2D eigenvalue weighted by Crippen LogP contribution is 2.30. The molecule has 1 saturated heterocycles. The summed E-state index contributed by atoms with van der Waals surface area (Å²) < 4.78 is 58.9. The lowest BCUT2D eigenvalue weighted by atomic mass is 10.1. The van der Waals surface area contributed by atoms with Crippen LogP contribution in [0, 0.1) is 0 Å². The third kappa shape index (κ3) is 4.44. The fourth-order valence-electron chi connectivity index (χ4n) is 3.96. The van der Waals surface area contributed by atoms with E-state index in [0.717, 1.165) is 11.1 Å². The maximum Gasteiger partial charge on any atom is 0.243 e. The summed E-state index contributed by atoms with van der Waals surface area (Å²) in [4.78, 5) is 0.450. The molecule has 1 heterocycles. The monoisotopic (exact) mass is 471 g/mol. The average Bonchev–Trinajstić information content (AvgIpc) is 2.85. The van der Waals surface area contributed by atoms with Crippen LogP contribution < -0.4 is 4.74 Å². The summed E-state index contributed by atoms with van der Waals surface area (Å²) in [5, 5.41) is -0.613. The highest BCUT2D eigenvalue weighted by atomic mass is 32.2. The van der Waals surface area contributed by atoms with Crippen molar-refractivity contribution in [1.82, 2.24) is 4.31 Å². The number of hydrogen-bond acceptors (Lipinski definition) is 5. The number of methoxy groups -OCH3 is 1. The molecule has 0 saturated carbocycles. The van der Waals surface area contributed by atoms with E-state index in [2.05, 4.69) is 0 Å². The first-order chi connectivity index (χ1) is 15.3. The van der Waals surface area contributed by atoms with Crippen molar-refractivity contribution in [3.05, 3.63) is 78.9 Å². The Kier molecular flexibility index (Phi) is 6.37. The zero-order valence-corrected chi connectivity index (χ0v) is 19.3. The van der Waals surface area contributed by atoms with Gasteiger partial charge in [0.2, 0.25) is 10.0 Å². The molecule has 0 atom stereocenters. The van der Waals surface area contributed by atoms with Crippen molar-refractivity contribution in [2.45, 2.75) is 27.9 Å². The van der Waals surface area contributed by atoms with Crippen LogP contribution >= 0.6 is 0 Å². The van der Waals surface area contributed by atoms with Crippen LogP contribution in [-0.2, 0) is 19.9 Å². The van der Waals surface area contributed by atoms with Crippen LogP contribution in [-0.4, -0.2) is 46.6 Å². The third-order valence-electron chi connectivity index (χ3n) is 5.81. The van der Waals surface area contributed by atoms with E-state index >= 15 is 0 Å². The third-order valence-corrected chi connectivity index (χ3v) is 9.98. The Hall–Kier alpha value is -2.68. The number of rotatable bonds is 6. The number of sulfone groups is 1. The summed E-state index contributed by atoms with van der Waals surface area (Å²) >= 11 is 0. The van der Waals surface area contributed by atoms with Crippen molar-refractivity contribution in [2.24, 2.45) is 0 Å². The highest BCUT2D eigenvalue weighted by Gasteiger charge is 2.35. The number of ether oxygens (including phenoxy) is 1. The minimum Gasteiger partial charge on any atom is -0.497 e. The predicted octanol–water partition coefficient (Wildman–Crippen LogP) is 3.99. The Morgan fingerprint density at radius 2 is 1.38 bits per heavy atom. The molecule has 4 rings (SSSR count). The van der Waals surface area contributed by atoms with Gasteiger partial charge in [0, 0.05) is 13.1 Å². The zero-order chi connectivity index (χ0) is 22.8. The number of benzene rings is 3. The normalized spacial score (nSPS) is 16.0. The molecular weight excluding hydrogens is 446 g/mol. The molecule has 0 bridgehead atoms. The molecule has 0 radical (unpaired) electrons. The summed E-state index contributed by atoms with van der Waals surface area (Å²) in [7, 11) is -5.73. The van der Waals surface area contributed by atoms with Crippen molar-refractivity contribution in [1.29, 1.82) is 0 Å². The molecule has 0 spiro atoms. The smallest absolute Gasteiger partial charge is 0.243 e. The molecule has 0 N–H and O–H groups in total. The number of nitrogens with zero attached hydrogens (tertiary/aromatic N) is 1. The lowest BCUT2D eigenvalue weighted by molar-refractivity contribution is 0.345. The van der Waals surface area contributed by atoms with Gasteiger partial charge in [-0.2, -0.15) is 4.31 Å². The largest absolute Gasteiger partial charge is 0.497 e. The van der Waals surface area contributed by atoms with Crippen molar-refractivity contribution in [2.75, 3.05) is 20.2 Å². The Balaban J connectivity index is 1.50. The molecule has 0 amide bonds. The molecule has 0 aliphatic carbocycles. The number of hydrogen-bond donors (Lipinski definition) is 0. The van der Waals surface area contributed by atoms with Crippen molar-refractivity contribution in [3.8, 4) is 16.9 Å². The second-order valence-electron chi connectivity index (χ2n) is 7.72. The summed E-state index contributed by atoms with van der Waals surface area (Å²) in [5.74, 6) is 0.586. The molecule has 0 unspecified atom stereocenters. The van der Waals surface area contributed by atoms with Gasteiger partial charge in [-0.05, 0) is 60.4 Å². The lowest BCUT2D eigenvalue weighted by Crippen LogP contribution is -2.42. The van der Waals surface area contributed by atoms with Gasteiger partial charge in [0.15, 0.2) is 9.84 Å². The van der Waals surface area contributed by atoms with E-state index in [4.69, 9.17) is 4.74 Å². The molecule has 3 aromatic rings. The Labute approximate surface area is 189 Å². The minimum absolute atomic E-state index is 0.165. The SMILES string of the molecule is COc1ccc(S(=O)(=O)C2CCN(S(=O)(=O)c3cccc(-c4ccccc4)c3)CC2)cc1. The molecule has 8 heteroatoms. The average molecular weight is 472 g/mol. The van der Waals surface area contributed by atoms with Crippen LogP contribution in [0.3, 0.4) is 0 Å². The van der Waals surface area contributed by atoms with Crippen LogP contribution in [0.15, 0.2) is 88.7 Å². The lowest BCUT2D eigenvalue weighted by Gasteiger charge is -2.31. The van der Waals surface area contributed by atoms with Gasteiger partial charge in [0.05, 0.1) is 22.2 Å². The van der Waals surface area contributed by atoms with Gasteiger partial charge in [-0.15, -0.1) is 0 Å². The van der Waals surface area contributed by atoms with E-state index < -0.39 is 25.1 Å². The van der Waals surface area contributed by atoms with E-state index in [1.54, 1.807) is 30.3 Å². The van der Waals surface area contributed by atoms with Crippen molar-refractivity contribution in [3.63, 3.8) is 0 Å². The molecule has 1 aliphatic heterocycles. The zero-order valence-electron chi connectivity index (χ0n) is 17.7. The van der Waals surface area contributed by atoms with Gasteiger partial charge in [0.1, 0.15) is 5.75 Å². The quantitative estimate of drug-likeness (QED) is 0.543. The fraction of sp³-hybridized carbons (Fsp3) is 0.250. The minimum atomic E-state index is -3.71. The van der Waals surface area contributed by atoms with Gasteiger partial charge in [0.25, 0.3) is 0 Å². The second kappa shape index (κ2) is 9.05. The van der Waals surface area contributed by atoms with Gasteiger partial charge >= 0.3 is 0 Å². The Morgan fingerprint density at radius 3 is 2.00 bits per heavy atom.